The van der Waals surface area contributed by atoms with Gasteiger partial charge in [0.05, 0.1) is 12.5 Å². The van der Waals surface area contributed by atoms with Gasteiger partial charge in [-0.1, -0.05) is 0 Å². The van der Waals surface area contributed by atoms with Crippen LogP contribution in [0.4, 0.5) is 5.82 Å². The molecule has 0 saturated carbocycles. The highest BCUT2D eigenvalue weighted by Crippen LogP contribution is 2.42. The number of likely N-dealkylation sites (tertiary alicyclic amines) is 1. The fourth-order valence-electron chi connectivity index (χ4n) is 3.70. The Hall–Kier alpha value is -1.85. The van der Waals surface area contributed by atoms with E-state index in [4.69, 9.17) is 4.74 Å². The first kappa shape index (κ1) is 15.1. The lowest BCUT2D eigenvalue weighted by atomic mass is 9.78. The second kappa shape index (κ2) is 5.74. The fourth-order valence-corrected chi connectivity index (χ4v) is 3.70. The molecule has 2 saturated heterocycles. The smallest absolute Gasteiger partial charge is 0.257 e. The number of amides is 1. The number of aromatic nitrogens is 2. The van der Waals surface area contributed by atoms with E-state index in [0.29, 0.717) is 18.3 Å². The lowest BCUT2D eigenvalue weighted by Crippen LogP contribution is -2.52. The van der Waals surface area contributed by atoms with E-state index >= 15 is 0 Å². The molecular weight excluding hydrogens is 280 g/mol. The number of ether oxygens (including phenoxy) is 1. The van der Waals surface area contributed by atoms with Crippen LogP contribution in [0, 0.1) is 5.41 Å². The molecule has 2 aliphatic rings. The zero-order valence-corrected chi connectivity index (χ0v) is 13.6. The van der Waals surface area contributed by atoms with Gasteiger partial charge in [-0.05, 0) is 33.1 Å². The van der Waals surface area contributed by atoms with Crippen molar-refractivity contribution in [2.45, 2.75) is 39.2 Å². The molecule has 1 aromatic heterocycles. The van der Waals surface area contributed by atoms with Crippen LogP contribution < -0.4 is 9.64 Å². The predicted molar refractivity (Wildman–Crippen MR) is 83.9 cm³/mol. The number of methoxy groups -OCH3 is 1. The number of hydrogen-bond donors (Lipinski definition) is 0. The summed E-state index contributed by atoms with van der Waals surface area (Å²) in [6, 6.07) is 0.268. The lowest BCUT2D eigenvalue weighted by molar-refractivity contribution is -0.147. The van der Waals surface area contributed by atoms with Crippen molar-refractivity contribution in [2.75, 3.05) is 31.6 Å². The molecule has 3 heterocycles. The predicted octanol–water partition coefficient (Wildman–Crippen LogP) is 1.71. The molecule has 0 radical (unpaired) electrons. The molecule has 0 N–H and O–H groups in total. The Morgan fingerprint density at radius 2 is 2.00 bits per heavy atom. The number of carbonyl (C=O) groups is 1. The van der Waals surface area contributed by atoms with Gasteiger partial charge in [0.15, 0.2) is 5.82 Å². The summed E-state index contributed by atoms with van der Waals surface area (Å²) in [5.41, 5.74) is -0.259. The van der Waals surface area contributed by atoms with Gasteiger partial charge in [-0.25, -0.2) is 9.97 Å². The summed E-state index contributed by atoms with van der Waals surface area (Å²) in [6.45, 7) is 6.61. The summed E-state index contributed by atoms with van der Waals surface area (Å²) < 4.78 is 5.31. The maximum Gasteiger partial charge on any atom is 0.257 e. The molecule has 6 heteroatoms. The van der Waals surface area contributed by atoms with Crippen LogP contribution >= 0.6 is 0 Å². The second-order valence-corrected chi connectivity index (χ2v) is 6.54. The van der Waals surface area contributed by atoms with E-state index in [1.54, 1.807) is 19.5 Å². The first-order valence-electron chi connectivity index (χ1n) is 7.98. The second-order valence-electron chi connectivity index (χ2n) is 6.54. The van der Waals surface area contributed by atoms with Gasteiger partial charge in [0.2, 0.25) is 5.91 Å². The number of nitrogens with zero attached hydrogens (tertiary/aromatic N) is 4. The van der Waals surface area contributed by atoms with E-state index in [0.717, 1.165) is 38.2 Å². The zero-order valence-electron chi connectivity index (χ0n) is 13.6. The van der Waals surface area contributed by atoms with Crippen molar-refractivity contribution in [3.8, 4) is 5.88 Å². The van der Waals surface area contributed by atoms with Crippen molar-refractivity contribution < 1.29 is 9.53 Å². The van der Waals surface area contributed by atoms with Crippen LogP contribution in [-0.2, 0) is 4.79 Å². The minimum atomic E-state index is -0.259. The molecule has 1 amide bonds. The average molecular weight is 304 g/mol. The quantitative estimate of drug-likeness (QED) is 0.851. The van der Waals surface area contributed by atoms with Crippen molar-refractivity contribution in [2.24, 2.45) is 5.41 Å². The Morgan fingerprint density at radius 1 is 1.23 bits per heavy atom. The van der Waals surface area contributed by atoms with Crippen molar-refractivity contribution in [3.05, 3.63) is 12.4 Å². The van der Waals surface area contributed by atoms with Crippen molar-refractivity contribution in [1.29, 1.82) is 0 Å². The molecule has 0 aromatic carbocycles. The molecule has 0 aliphatic carbocycles. The molecular formula is C16H24N4O2. The first-order chi connectivity index (χ1) is 10.6. The van der Waals surface area contributed by atoms with Gasteiger partial charge in [-0.3, -0.25) is 4.79 Å². The highest BCUT2D eigenvalue weighted by atomic mass is 16.5. The van der Waals surface area contributed by atoms with Crippen LogP contribution in [-0.4, -0.2) is 53.6 Å². The summed E-state index contributed by atoms with van der Waals surface area (Å²) in [5, 5.41) is 0. The van der Waals surface area contributed by atoms with Crippen molar-refractivity contribution >= 4 is 11.7 Å². The third-order valence-electron chi connectivity index (χ3n) is 4.89. The normalized spacial score (nSPS) is 25.4. The standard InChI is InChI=1S/C16H24N4O2/c1-12(2)20-9-4-5-16(15(20)21)6-10-19(11-16)13-14(22-3)18-8-7-17-13/h7-8,12H,4-6,9-11H2,1-3H3/t16-/m0/s1. The van der Waals surface area contributed by atoms with Gasteiger partial charge >= 0.3 is 0 Å². The summed E-state index contributed by atoms with van der Waals surface area (Å²) in [7, 11) is 1.60. The maximum absolute atomic E-state index is 13.0. The average Bonchev–Trinajstić information content (AvgIpc) is 2.95. The molecule has 6 nitrogen and oxygen atoms in total. The van der Waals surface area contributed by atoms with E-state index in [-0.39, 0.29) is 11.5 Å². The Bertz CT molecular complexity index is 563. The van der Waals surface area contributed by atoms with E-state index in [9.17, 15) is 4.79 Å². The summed E-state index contributed by atoms with van der Waals surface area (Å²) in [6.07, 6.45) is 6.23. The molecule has 22 heavy (non-hydrogen) atoms. The highest BCUT2D eigenvalue weighted by Gasteiger charge is 2.49. The lowest BCUT2D eigenvalue weighted by Gasteiger charge is -2.41. The van der Waals surface area contributed by atoms with E-state index in [1.807, 2.05) is 4.90 Å². The minimum Gasteiger partial charge on any atom is -0.478 e. The summed E-state index contributed by atoms with van der Waals surface area (Å²) in [4.78, 5) is 25.7. The highest BCUT2D eigenvalue weighted by molar-refractivity contribution is 5.85. The fraction of sp³-hybridized carbons (Fsp3) is 0.688. The molecule has 2 fully saturated rings. The Morgan fingerprint density at radius 3 is 2.73 bits per heavy atom. The number of carbonyl (C=O) groups excluding carboxylic acids is 1. The van der Waals surface area contributed by atoms with Crippen LogP contribution in [0.3, 0.4) is 0 Å². The maximum atomic E-state index is 13.0. The van der Waals surface area contributed by atoms with Gasteiger partial charge < -0.3 is 14.5 Å². The number of hydrogen-bond acceptors (Lipinski definition) is 5. The van der Waals surface area contributed by atoms with Crippen molar-refractivity contribution in [3.63, 3.8) is 0 Å². The Balaban J connectivity index is 1.83. The number of piperidine rings is 1. The van der Waals surface area contributed by atoms with Crippen molar-refractivity contribution in [1.82, 2.24) is 14.9 Å². The summed E-state index contributed by atoms with van der Waals surface area (Å²) >= 11 is 0. The van der Waals surface area contributed by atoms with E-state index in [1.165, 1.54) is 0 Å². The molecule has 0 unspecified atom stereocenters. The van der Waals surface area contributed by atoms with E-state index in [2.05, 4.69) is 28.7 Å². The molecule has 1 spiro atoms. The largest absolute Gasteiger partial charge is 0.478 e. The number of anilines is 1. The van der Waals surface area contributed by atoms with Gasteiger partial charge in [-0.2, -0.15) is 0 Å². The summed E-state index contributed by atoms with van der Waals surface area (Å²) in [5.74, 6) is 1.58. The third kappa shape index (κ3) is 2.40. The van der Waals surface area contributed by atoms with Gasteiger partial charge in [0.1, 0.15) is 0 Å². The van der Waals surface area contributed by atoms with Gasteiger partial charge in [0, 0.05) is 38.1 Å². The third-order valence-corrected chi connectivity index (χ3v) is 4.89. The topological polar surface area (TPSA) is 58.6 Å². The first-order valence-corrected chi connectivity index (χ1v) is 7.98. The monoisotopic (exact) mass is 304 g/mol. The van der Waals surface area contributed by atoms with Crippen LogP contribution in [0.5, 0.6) is 5.88 Å². The molecule has 120 valence electrons. The van der Waals surface area contributed by atoms with Gasteiger partial charge in [-0.15, -0.1) is 0 Å². The minimum absolute atomic E-state index is 0.259. The number of rotatable bonds is 3. The molecule has 1 atom stereocenters. The van der Waals surface area contributed by atoms with Crippen LogP contribution in [0.15, 0.2) is 12.4 Å². The SMILES string of the molecule is COc1nccnc1N1CC[C@@]2(CCCN(C(C)C)C2=O)C1. The van der Waals surface area contributed by atoms with Gasteiger partial charge in [0.25, 0.3) is 5.88 Å². The molecule has 3 rings (SSSR count). The molecule has 2 aliphatic heterocycles. The Kier molecular flexibility index (Phi) is 3.93. The van der Waals surface area contributed by atoms with Crippen LogP contribution in [0.2, 0.25) is 0 Å². The molecule has 0 bridgehead atoms. The van der Waals surface area contributed by atoms with E-state index < -0.39 is 0 Å². The zero-order chi connectivity index (χ0) is 15.7. The van der Waals surface area contributed by atoms with Crippen LogP contribution in [0.1, 0.15) is 33.1 Å². The Labute approximate surface area is 131 Å². The molecule has 1 aromatic rings. The van der Waals surface area contributed by atoms with Crippen LogP contribution in [0.25, 0.3) is 0 Å².